The molecule has 196 valence electrons. The van der Waals surface area contributed by atoms with Crippen LogP contribution in [-0.2, 0) is 30.1 Å². The number of esters is 1. The number of hydrogen-bond donors (Lipinski definition) is 3. The highest BCUT2D eigenvalue weighted by Crippen LogP contribution is 2.47. The smallest absolute Gasteiger partial charge is 0.328 e. The maximum absolute atomic E-state index is 13.2. The van der Waals surface area contributed by atoms with E-state index in [1.54, 1.807) is 20.8 Å². The van der Waals surface area contributed by atoms with Crippen LogP contribution < -0.4 is 10.6 Å². The number of benzene rings is 2. The second-order valence-electron chi connectivity index (χ2n) is 9.22. The summed E-state index contributed by atoms with van der Waals surface area (Å²) in [5.41, 5.74) is 2.86. The van der Waals surface area contributed by atoms with Crippen molar-refractivity contribution in [1.82, 2.24) is 10.6 Å². The molecule has 0 aliphatic heterocycles. The Balaban J connectivity index is 2.24. The molecule has 0 radical (unpaired) electrons. The molecule has 1 unspecified atom stereocenters. The van der Waals surface area contributed by atoms with Crippen LogP contribution in [-0.4, -0.2) is 47.3 Å². The summed E-state index contributed by atoms with van der Waals surface area (Å²) in [6.07, 6.45) is -0.166. The lowest BCUT2D eigenvalue weighted by Gasteiger charge is -2.26. The normalized spacial score (nSPS) is 15.3. The summed E-state index contributed by atoms with van der Waals surface area (Å²) in [5, 5.41) is 5.18. The highest BCUT2D eigenvalue weighted by molar-refractivity contribution is 7.58. The van der Waals surface area contributed by atoms with Crippen LogP contribution in [0.1, 0.15) is 40.2 Å². The predicted octanol–water partition coefficient (Wildman–Crippen LogP) is 3.97. The third kappa shape index (κ3) is 8.61. The van der Waals surface area contributed by atoms with E-state index in [2.05, 4.69) is 10.6 Å². The quantitative estimate of drug-likeness (QED) is 0.290. The molecule has 2 aromatic carbocycles. The Morgan fingerprint density at radius 1 is 0.889 bits per heavy atom. The molecule has 0 aromatic heterocycles. The standard InChI is InChI=1S/C27H37N2O6P/c1-6-35-27(32)19(4)28-26(31)24(17-36(33,34)20(5)29-25(30)18(2)3)16-21-12-14-23(15-13-21)22-10-8-7-9-11-22/h7-15,18-20,24H,6,16-17H2,1-5H3,(H,28,31)(H,29,30)(H,33,34)/t19-,20+,24+/m0/s1. The number of ether oxygens (including phenoxy) is 1. The number of rotatable bonds is 12. The van der Waals surface area contributed by atoms with Gasteiger partial charge in [0, 0.05) is 12.1 Å². The van der Waals surface area contributed by atoms with Gasteiger partial charge in [-0.15, -0.1) is 0 Å². The molecule has 0 spiro atoms. The van der Waals surface area contributed by atoms with Crippen molar-refractivity contribution >= 4 is 25.2 Å². The van der Waals surface area contributed by atoms with Crippen LogP contribution >= 0.6 is 7.37 Å². The van der Waals surface area contributed by atoms with Crippen molar-refractivity contribution in [3.63, 3.8) is 0 Å². The summed E-state index contributed by atoms with van der Waals surface area (Å²) in [6, 6.07) is 16.6. The lowest BCUT2D eigenvalue weighted by atomic mass is 9.97. The number of amides is 2. The predicted molar refractivity (Wildman–Crippen MR) is 140 cm³/mol. The largest absolute Gasteiger partial charge is 0.464 e. The molecule has 0 saturated carbocycles. The zero-order chi connectivity index (χ0) is 26.9. The van der Waals surface area contributed by atoms with E-state index >= 15 is 0 Å². The molecule has 9 heteroatoms. The first-order valence-electron chi connectivity index (χ1n) is 12.2. The molecule has 2 amide bonds. The Morgan fingerprint density at radius 3 is 2.03 bits per heavy atom. The van der Waals surface area contributed by atoms with Gasteiger partial charge in [0.2, 0.25) is 19.2 Å². The SMILES string of the molecule is CCOC(=O)[C@H](C)NC(=O)[C@H](Cc1ccc(-c2ccccc2)cc1)CP(=O)(O)[C@H](C)NC(=O)C(C)C. The van der Waals surface area contributed by atoms with Gasteiger partial charge in [0.15, 0.2) is 0 Å². The van der Waals surface area contributed by atoms with Crippen molar-refractivity contribution in [2.45, 2.75) is 52.9 Å². The molecule has 4 atom stereocenters. The van der Waals surface area contributed by atoms with Gasteiger partial charge in [0.05, 0.1) is 12.5 Å². The minimum absolute atomic E-state index is 0.176. The number of carbonyl (C=O) groups is 3. The van der Waals surface area contributed by atoms with Gasteiger partial charge < -0.3 is 20.3 Å². The Bertz CT molecular complexity index is 1070. The van der Waals surface area contributed by atoms with Crippen LogP contribution in [0.3, 0.4) is 0 Å². The Morgan fingerprint density at radius 2 is 1.47 bits per heavy atom. The molecular formula is C27H37N2O6P. The van der Waals surface area contributed by atoms with Gasteiger partial charge >= 0.3 is 5.97 Å². The van der Waals surface area contributed by atoms with E-state index in [1.165, 1.54) is 13.8 Å². The maximum Gasteiger partial charge on any atom is 0.328 e. The second-order valence-corrected chi connectivity index (χ2v) is 11.9. The van der Waals surface area contributed by atoms with Gasteiger partial charge in [-0.25, -0.2) is 4.79 Å². The highest BCUT2D eigenvalue weighted by Gasteiger charge is 2.35. The minimum atomic E-state index is -3.97. The molecule has 8 nitrogen and oxygen atoms in total. The summed E-state index contributed by atoms with van der Waals surface area (Å²) < 4.78 is 18.2. The van der Waals surface area contributed by atoms with Crippen LogP contribution in [0.25, 0.3) is 11.1 Å². The van der Waals surface area contributed by atoms with Crippen LogP contribution in [0, 0.1) is 11.8 Å². The lowest BCUT2D eigenvalue weighted by Crippen LogP contribution is -2.44. The van der Waals surface area contributed by atoms with E-state index in [0.29, 0.717) is 0 Å². The van der Waals surface area contributed by atoms with Crippen LogP contribution in [0.15, 0.2) is 54.6 Å². The fourth-order valence-corrected chi connectivity index (χ4v) is 5.16. The van der Waals surface area contributed by atoms with Gasteiger partial charge in [0.25, 0.3) is 0 Å². The molecule has 0 heterocycles. The van der Waals surface area contributed by atoms with Crippen LogP contribution in [0.2, 0.25) is 0 Å². The summed E-state index contributed by atoms with van der Waals surface area (Å²) in [7, 11) is -3.97. The van der Waals surface area contributed by atoms with Gasteiger partial charge in [-0.05, 0) is 43.9 Å². The lowest BCUT2D eigenvalue weighted by molar-refractivity contribution is -0.147. The molecule has 0 aliphatic carbocycles. The molecule has 36 heavy (non-hydrogen) atoms. The summed E-state index contributed by atoms with van der Waals surface area (Å²) >= 11 is 0. The fourth-order valence-electron chi connectivity index (χ4n) is 3.59. The van der Waals surface area contributed by atoms with Gasteiger partial charge in [-0.3, -0.25) is 14.2 Å². The Hall–Kier alpha value is -2.96. The fraction of sp³-hybridized carbons (Fsp3) is 0.444. The van der Waals surface area contributed by atoms with Crippen molar-refractivity contribution < 1.29 is 28.6 Å². The average Bonchev–Trinajstić information content (AvgIpc) is 2.84. The van der Waals surface area contributed by atoms with E-state index < -0.39 is 37.0 Å². The van der Waals surface area contributed by atoms with Crippen molar-refractivity contribution in [3.8, 4) is 11.1 Å². The molecule has 0 aliphatic rings. The first kappa shape index (κ1) is 29.3. The zero-order valence-electron chi connectivity index (χ0n) is 21.6. The number of carbonyl (C=O) groups excluding carboxylic acids is 3. The maximum atomic E-state index is 13.2. The van der Waals surface area contributed by atoms with Crippen molar-refractivity contribution in [3.05, 3.63) is 60.2 Å². The van der Waals surface area contributed by atoms with Crippen molar-refractivity contribution in [2.24, 2.45) is 11.8 Å². The molecule has 3 N–H and O–H groups in total. The molecular weight excluding hydrogens is 479 g/mol. The van der Waals surface area contributed by atoms with Gasteiger partial charge in [-0.1, -0.05) is 68.4 Å². The van der Waals surface area contributed by atoms with Crippen LogP contribution in [0.5, 0.6) is 0 Å². The van der Waals surface area contributed by atoms with E-state index in [0.717, 1.165) is 16.7 Å². The number of nitrogens with one attached hydrogen (secondary N) is 2. The van der Waals surface area contributed by atoms with Crippen molar-refractivity contribution in [1.29, 1.82) is 0 Å². The minimum Gasteiger partial charge on any atom is -0.464 e. The Labute approximate surface area is 213 Å². The van der Waals surface area contributed by atoms with Crippen LogP contribution in [0.4, 0.5) is 0 Å². The van der Waals surface area contributed by atoms with E-state index in [9.17, 15) is 23.8 Å². The summed E-state index contributed by atoms with van der Waals surface area (Å²) in [6.45, 7) is 8.20. The first-order valence-corrected chi connectivity index (χ1v) is 14.1. The number of hydrogen-bond acceptors (Lipinski definition) is 5. The average molecular weight is 517 g/mol. The monoisotopic (exact) mass is 516 g/mol. The molecule has 2 aromatic rings. The van der Waals surface area contributed by atoms with Crippen molar-refractivity contribution in [2.75, 3.05) is 12.8 Å². The molecule has 0 saturated heterocycles. The Kier molecular flexibility index (Phi) is 10.9. The zero-order valence-corrected chi connectivity index (χ0v) is 22.5. The third-order valence-corrected chi connectivity index (χ3v) is 8.18. The third-order valence-electron chi connectivity index (χ3n) is 5.88. The first-order chi connectivity index (χ1) is 16.9. The highest BCUT2D eigenvalue weighted by atomic mass is 31.2. The van der Waals surface area contributed by atoms with E-state index in [-0.39, 0.29) is 31.0 Å². The van der Waals surface area contributed by atoms with E-state index in [4.69, 9.17) is 4.74 Å². The van der Waals surface area contributed by atoms with E-state index in [1.807, 2.05) is 54.6 Å². The van der Waals surface area contributed by atoms with Gasteiger partial charge in [-0.2, -0.15) is 0 Å². The molecule has 2 rings (SSSR count). The summed E-state index contributed by atoms with van der Waals surface area (Å²) in [5.74, 6) is -3.73. The molecule has 0 bridgehead atoms. The second kappa shape index (κ2) is 13.4. The summed E-state index contributed by atoms with van der Waals surface area (Å²) in [4.78, 5) is 48.0. The van der Waals surface area contributed by atoms with Gasteiger partial charge in [0.1, 0.15) is 11.8 Å². The topological polar surface area (TPSA) is 122 Å². The molecule has 0 fully saturated rings.